The molecule has 17 heavy (non-hydrogen) atoms. The van der Waals surface area contributed by atoms with Gasteiger partial charge in [0.15, 0.2) is 5.79 Å². The molecule has 1 aliphatic heterocycles. The lowest BCUT2D eigenvalue weighted by molar-refractivity contribution is -0.168. The summed E-state index contributed by atoms with van der Waals surface area (Å²) in [5.41, 5.74) is 1.01. The topological polar surface area (TPSA) is 30.8 Å². The number of benzene rings is 1. The van der Waals surface area contributed by atoms with Crippen LogP contribution in [0.2, 0.25) is 0 Å². The van der Waals surface area contributed by atoms with Crippen LogP contribution in [0.25, 0.3) is 0 Å². The van der Waals surface area contributed by atoms with Gasteiger partial charge in [0.05, 0.1) is 24.9 Å². The van der Waals surface area contributed by atoms with Gasteiger partial charge in [-0.2, -0.15) is 0 Å². The van der Waals surface area contributed by atoms with Crippen LogP contribution >= 0.6 is 28.1 Å². The molecule has 0 atom stereocenters. The van der Waals surface area contributed by atoms with Crippen molar-refractivity contribution in [3.63, 3.8) is 0 Å². The molecular formula is C12H12BrNO2S. The first-order chi connectivity index (χ1) is 8.27. The van der Waals surface area contributed by atoms with Gasteiger partial charge in [0.1, 0.15) is 0 Å². The Morgan fingerprint density at radius 3 is 2.53 bits per heavy atom. The molecule has 0 N–H and O–H groups in total. The minimum Gasteiger partial charge on any atom is -0.343 e. The monoisotopic (exact) mass is 313 g/mol. The van der Waals surface area contributed by atoms with E-state index < -0.39 is 5.79 Å². The third-order valence-electron chi connectivity index (χ3n) is 2.66. The summed E-state index contributed by atoms with van der Waals surface area (Å²) in [6.07, 6.45) is 0.651. The van der Waals surface area contributed by atoms with Crippen molar-refractivity contribution in [2.75, 3.05) is 19.8 Å². The Labute approximate surface area is 114 Å². The fourth-order valence-electron chi connectivity index (χ4n) is 1.86. The maximum atomic E-state index is 5.75. The van der Waals surface area contributed by atoms with E-state index in [0.717, 1.165) is 10.0 Å². The molecule has 3 nitrogen and oxygen atoms in total. The summed E-state index contributed by atoms with van der Waals surface area (Å²) in [7, 11) is 0. The molecule has 0 aliphatic carbocycles. The number of hydrogen-bond donors (Lipinski definition) is 0. The lowest BCUT2D eigenvalue weighted by atomic mass is 10.0. The summed E-state index contributed by atoms with van der Waals surface area (Å²) in [6.45, 7) is 1.77. The molecule has 0 radical (unpaired) electrons. The first-order valence-electron chi connectivity index (χ1n) is 5.34. The van der Waals surface area contributed by atoms with Crippen molar-refractivity contribution in [1.82, 2.24) is 0 Å². The van der Waals surface area contributed by atoms with Crippen molar-refractivity contribution in [3.8, 4) is 0 Å². The molecule has 0 amide bonds. The van der Waals surface area contributed by atoms with E-state index >= 15 is 0 Å². The number of aliphatic imine (C=N–C) groups is 1. The predicted octanol–water partition coefficient (Wildman–Crippen LogP) is 3.14. The largest absolute Gasteiger partial charge is 0.343 e. The molecule has 0 bridgehead atoms. The van der Waals surface area contributed by atoms with Crippen LogP contribution in [-0.4, -0.2) is 24.9 Å². The Hall–Kier alpha value is -0.580. The van der Waals surface area contributed by atoms with E-state index in [4.69, 9.17) is 9.47 Å². The van der Waals surface area contributed by atoms with Crippen molar-refractivity contribution >= 4 is 33.3 Å². The van der Waals surface area contributed by atoms with Crippen LogP contribution in [0.5, 0.6) is 0 Å². The van der Waals surface area contributed by atoms with E-state index in [-0.39, 0.29) is 0 Å². The number of halogens is 1. The summed E-state index contributed by atoms with van der Waals surface area (Å²) >= 11 is 7.97. The molecular weight excluding hydrogens is 302 g/mol. The molecule has 0 spiro atoms. The van der Waals surface area contributed by atoms with E-state index in [1.807, 2.05) is 24.3 Å². The van der Waals surface area contributed by atoms with Crippen LogP contribution in [-0.2, 0) is 15.3 Å². The average Bonchev–Trinajstić information content (AvgIpc) is 2.80. The van der Waals surface area contributed by atoms with E-state index in [2.05, 4.69) is 38.3 Å². The highest BCUT2D eigenvalue weighted by atomic mass is 79.9. The van der Waals surface area contributed by atoms with Crippen LogP contribution in [0, 0.1) is 0 Å². The van der Waals surface area contributed by atoms with Gasteiger partial charge in [-0.05, 0) is 24.4 Å². The lowest BCUT2D eigenvalue weighted by Crippen LogP contribution is -2.28. The van der Waals surface area contributed by atoms with Crippen LogP contribution in [0.1, 0.15) is 12.0 Å². The lowest BCUT2D eigenvalue weighted by Gasteiger charge is -2.27. The summed E-state index contributed by atoms with van der Waals surface area (Å²) in [6, 6.07) is 7.95. The summed E-state index contributed by atoms with van der Waals surface area (Å²) in [5.74, 6) is -0.670. The number of nitrogens with zero attached hydrogens (tertiary/aromatic N) is 1. The molecule has 0 aromatic heterocycles. The smallest absolute Gasteiger partial charge is 0.196 e. The van der Waals surface area contributed by atoms with Crippen LogP contribution in [0.4, 0.5) is 0 Å². The van der Waals surface area contributed by atoms with Crippen molar-refractivity contribution in [1.29, 1.82) is 0 Å². The molecule has 1 heterocycles. The van der Waals surface area contributed by atoms with Gasteiger partial charge in [-0.1, -0.05) is 28.1 Å². The number of ether oxygens (including phenoxy) is 2. The van der Waals surface area contributed by atoms with E-state index in [0.29, 0.717) is 26.2 Å². The second-order valence-corrected chi connectivity index (χ2v) is 4.78. The van der Waals surface area contributed by atoms with Crippen molar-refractivity contribution < 1.29 is 9.47 Å². The second-order valence-electron chi connectivity index (χ2n) is 3.68. The minimum atomic E-state index is -0.670. The molecule has 1 saturated heterocycles. The van der Waals surface area contributed by atoms with Crippen molar-refractivity contribution in [3.05, 3.63) is 34.3 Å². The highest BCUT2D eigenvalue weighted by molar-refractivity contribution is 9.10. The molecule has 0 unspecified atom stereocenters. The highest BCUT2D eigenvalue weighted by Crippen LogP contribution is 2.35. The third-order valence-corrected chi connectivity index (χ3v) is 3.31. The Balaban J connectivity index is 2.21. The van der Waals surface area contributed by atoms with E-state index in [1.54, 1.807) is 0 Å². The minimum absolute atomic E-state index is 0.555. The predicted molar refractivity (Wildman–Crippen MR) is 72.2 cm³/mol. The van der Waals surface area contributed by atoms with Gasteiger partial charge in [-0.3, -0.25) is 0 Å². The summed E-state index contributed by atoms with van der Waals surface area (Å²) in [4.78, 5) is 3.92. The Bertz CT molecular complexity index is 423. The third kappa shape index (κ3) is 3.00. The van der Waals surface area contributed by atoms with Crippen molar-refractivity contribution in [2.45, 2.75) is 12.2 Å². The maximum Gasteiger partial charge on any atom is 0.196 e. The van der Waals surface area contributed by atoms with Gasteiger partial charge in [-0.25, -0.2) is 4.99 Å². The zero-order chi connectivity index (χ0) is 12.1. The Morgan fingerprint density at radius 1 is 1.29 bits per heavy atom. The fourth-order valence-corrected chi connectivity index (χ4v) is 2.22. The quantitative estimate of drug-likeness (QED) is 0.632. The maximum absolute atomic E-state index is 5.75. The number of hydrogen-bond acceptors (Lipinski definition) is 4. The fraction of sp³-hybridized carbons (Fsp3) is 0.417. The van der Waals surface area contributed by atoms with Crippen LogP contribution in [0.15, 0.2) is 33.7 Å². The second kappa shape index (κ2) is 5.85. The Kier molecular flexibility index (Phi) is 4.42. The Morgan fingerprint density at radius 2 is 1.94 bits per heavy atom. The first-order valence-corrected chi connectivity index (χ1v) is 6.54. The van der Waals surface area contributed by atoms with Gasteiger partial charge in [0, 0.05) is 16.5 Å². The van der Waals surface area contributed by atoms with Gasteiger partial charge < -0.3 is 9.47 Å². The average molecular weight is 314 g/mol. The first kappa shape index (κ1) is 12.9. The molecule has 1 fully saturated rings. The van der Waals surface area contributed by atoms with Gasteiger partial charge in [-0.15, -0.1) is 0 Å². The zero-order valence-corrected chi connectivity index (χ0v) is 11.6. The normalized spacial score (nSPS) is 17.7. The molecule has 2 rings (SSSR count). The molecule has 0 saturated carbocycles. The SMILES string of the molecule is S=C=NCCC1(c2ccc(Br)cc2)OCCO1. The van der Waals surface area contributed by atoms with Gasteiger partial charge in [0.2, 0.25) is 0 Å². The summed E-state index contributed by atoms with van der Waals surface area (Å²) < 4.78 is 12.5. The van der Waals surface area contributed by atoms with Gasteiger partial charge in [0.25, 0.3) is 0 Å². The molecule has 1 aliphatic rings. The molecule has 1 aromatic carbocycles. The van der Waals surface area contributed by atoms with Crippen LogP contribution < -0.4 is 0 Å². The number of rotatable bonds is 4. The van der Waals surface area contributed by atoms with Crippen LogP contribution in [0.3, 0.4) is 0 Å². The number of thiocarbonyl (C=S) groups is 1. The standard InChI is InChI=1S/C12H12BrNO2S/c13-11-3-1-10(2-4-11)12(5-6-14-9-17)15-7-8-16-12/h1-4H,5-8H2. The van der Waals surface area contributed by atoms with E-state index in [9.17, 15) is 0 Å². The molecule has 90 valence electrons. The number of isothiocyanates is 1. The zero-order valence-electron chi connectivity index (χ0n) is 9.19. The molecule has 1 aromatic rings. The molecule has 5 heteroatoms. The summed E-state index contributed by atoms with van der Waals surface area (Å²) in [5, 5.41) is 2.36. The van der Waals surface area contributed by atoms with Crippen molar-refractivity contribution in [2.24, 2.45) is 4.99 Å². The highest BCUT2D eigenvalue weighted by Gasteiger charge is 2.37. The van der Waals surface area contributed by atoms with Gasteiger partial charge >= 0.3 is 0 Å². The van der Waals surface area contributed by atoms with E-state index in [1.165, 1.54) is 0 Å².